The first kappa shape index (κ1) is 16.5. The minimum absolute atomic E-state index is 0.0733. The quantitative estimate of drug-likeness (QED) is 0.776. The number of aryl methyl sites for hydroxylation is 1. The second kappa shape index (κ2) is 6.75. The van der Waals surface area contributed by atoms with Crippen molar-refractivity contribution in [2.45, 2.75) is 26.4 Å². The summed E-state index contributed by atoms with van der Waals surface area (Å²) in [5.74, 6) is 1.41. The molecule has 1 atom stereocenters. The number of hydrogen-bond donors (Lipinski definition) is 1. The van der Waals surface area contributed by atoms with Crippen molar-refractivity contribution in [2.75, 3.05) is 13.2 Å². The summed E-state index contributed by atoms with van der Waals surface area (Å²) in [6.07, 6.45) is 1.93. The van der Waals surface area contributed by atoms with Gasteiger partial charge in [0.1, 0.15) is 13.2 Å². The molecule has 26 heavy (non-hydrogen) atoms. The van der Waals surface area contributed by atoms with E-state index in [4.69, 9.17) is 9.47 Å². The highest BCUT2D eigenvalue weighted by Crippen LogP contribution is 2.32. The normalized spacial score (nSPS) is 14.2. The standard InChI is InChI=1S/C21H22N2O3/c1-3-23-13-17(16-6-4-5-7-18(16)23)21(24)22-14(2)15-8-9-19-20(12-15)26-11-10-25-19/h4-9,12-14H,3,10-11H2,1-2H3,(H,22,24). The number of carbonyl (C=O) groups is 1. The Bertz CT molecular complexity index is 961. The van der Waals surface area contributed by atoms with Gasteiger partial charge in [-0.1, -0.05) is 24.3 Å². The summed E-state index contributed by atoms with van der Waals surface area (Å²) in [7, 11) is 0. The highest BCUT2D eigenvalue weighted by atomic mass is 16.6. The average molecular weight is 350 g/mol. The van der Waals surface area contributed by atoms with E-state index in [2.05, 4.69) is 16.8 Å². The summed E-state index contributed by atoms with van der Waals surface area (Å²) in [6.45, 7) is 5.99. The molecular formula is C21H22N2O3. The molecule has 1 N–H and O–H groups in total. The lowest BCUT2D eigenvalue weighted by Crippen LogP contribution is -2.26. The number of hydrogen-bond acceptors (Lipinski definition) is 3. The van der Waals surface area contributed by atoms with Gasteiger partial charge < -0.3 is 19.4 Å². The largest absolute Gasteiger partial charge is 0.486 e. The zero-order chi connectivity index (χ0) is 18.1. The van der Waals surface area contributed by atoms with E-state index in [0.717, 1.165) is 34.5 Å². The molecule has 134 valence electrons. The Morgan fingerprint density at radius 1 is 1.15 bits per heavy atom. The van der Waals surface area contributed by atoms with Gasteiger partial charge in [0.25, 0.3) is 5.91 Å². The van der Waals surface area contributed by atoms with Gasteiger partial charge in [-0.05, 0) is 37.6 Å². The van der Waals surface area contributed by atoms with E-state index in [1.54, 1.807) is 0 Å². The van der Waals surface area contributed by atoms with Gasteiger partial charge in [0.2, 0.25) is 0 Å². The molecule has 1 amide bonds. The van der Waals surface area contributed by atoms with Gasteiger partial charge in [0, 0.05) is 23.6 Å². The molecule has 3 aromatic rings. The van der Waals surface area contributed by atoms with Crippen LogP contribution < -0.4 is 14.8 Å². The van der Waals surface area contributed by atoms with Crippen LogP contribution in [0.3, 0.4) is 0 Å². The van der Waals surface area contributed by atoms with Crippen molar-refractivity contribution in [3.63, 3.8) is 0 Å². The van der Waals surface area contributed by atoms with Crippen molar-refractivity contribution in [1.82, 2.24) is 9.88 Å². The smallest absolute Gasteiger partial charge is 0.253 e. The van der Waals surface area contributed by atoms with Gasteiger partial charge in [-0.25, -0.2) is 0 Å². The van der Waals surface area contributed by atoms with Crippen molar-refractivity contribution in [1.29, 1.82) is 0 Å². The van der Waals surface area contributed by atoms with E-state index in [-0.39, 0.29) is 11.9 Å². The maximum atomic E-state index is 12.9. The summed E-state index contributed by atoms with van der Waals surface area (Å²) in [4.78, 5) is 12.9. The average Bonchev–Trinajstić information content (AvgIpc) is 3.06. The second-order valence-corrected chi connectivity index (χ2v) is 6.44. The molecule has 1 aromatic heterocycles. The maximum absolute atomic E-state index is 12.9. The second-order valence-electron chi connectivity index (χ2n) is 6.44. The number of nitrogens with zero attached hydrogens (tertiary/aromatic N) is 1. The zero-order valence-electron chi connectivity index (χ0n) is 15.0. The Morgan fingerprint density at radius 3 is 2.73 bits per heavy atom. The molecular weight excluding hydrogens is 328 g/mol. The van der Waals surface area contributed by atoms with Gasteiger partial charge >= 0.3 is 0 Å². The van der Waals surface area contributed by atoms with Crippen LogP contribution in [0, 0.1) is 0 Å². The molecule has 0 spiro atoms. The number of benzene rings is 2. The Morgan fingerprint density at radius 2 is 1.92 bits per heavy atom. The van der Waals surface area contributed by atoms with Crippen LogP contribution in [-0.2, 0) is 6.54 Å². The molecule has 0 bridgehead atoms. The molecule has 1 unspecified atom stereocenters. The van der Waals surface area contributed by atoms with Crippen LogP contribution in [0.15, 0.2) is 48.7 Å². The van der Waals surface area contributed by atoms with Crippen LogP contribution in [0.4, 0.5) is 0 Å². The Labute approximate surface area is 152 Å². The SMILES string of the molecule is CCn1cc(C(=O)NC(C)c2ccc3c(c2)OCCO3)c2ccccc21. The van der Waals surface area contributed by atoms with Crippen LogP contribution in [0.25, 0.3) is 10.9 Å². The fourth-order valence-electron chi connectivity index (χ4n) is 3.38. The summed E-state index contributed by atoms with van der Waals surface area (Å²) in [6, 6.07) is 13.7. The first-order valence-electron chi connectivity index (χ1n) is 8.95. The van der Waals surface area contributed by atoms with Crippen LogP contribution in [0.2, 0.25) is 0 Å². The number of aromatic nitrogens is 1. The Kier molecular flexibility index (Phi) is 4.29. The lowest BCUT2D eigenvalue weighted by atomic mass is 10.1. The molecule has 0 fully saturated rings. The lowest BCUT2D eigenvalue weighted by molar-refractivity contribution is 0.0941. The third-order valence-corrected chi connectivity index (χ3v) is 4.79. The fraction of sp³-hybridized carbons (Fsp3) is 0.286. The molecule has 2 heterocycles. The summed E-state index contributed by atoms with van der Waals surface area (Å²) in [5, 5.41) is 4.07. The minimum atomic E-state index is -0.137. The van der Waals surface area contributed by atoms with Crippen molar-refractivity contribution < 1.29 is 14.3 Å². The molecule has 0 aliphatic carbocycles. The van der Waals surface area contributed by atoms with Crippen molar-refractivity contribution >= 4 is 16.8 Å². The van der Waals surface area contributed by atoms with Gasteiger partial charge in [0.05, 0.1) is 11.6 Å². The van der Waals surface area contributed by atoms with Crippen LogP contribution in [-0.4, -0.2) is 23.7 Å². The molecule has 0 saturated heterocycles. The number of rotatable bonds is 4. The topological polar surface area (TPSA) is 52.5 Å². The van der Waals surface area contributed by atoms with Gasteiger partial charge in [-0.3, -0.25) is 4.79 Å². The number of carbonyl (C=O) groups excluding carboxylic acids is 1. The number of para-hydroxylation sites is 1. The number of amides is 1. The van der Waals surface area contributed by atoms with Gasteiger partial charge in [-0.2, -0.15) is 0 Å². The highest BCUT2D eigenvalue weighted by Gasteiger charge is 2.19. The number of fused-ring (bicyclic) bond motifs is 2. The monoisotopic (exact) mass is 350 g/mol. The molecule has 1 aliphatic heterocycles. The summed E-state index contributed by atoms with van der Waals surface area (Å²) in [5.41, 5.74) is 2.76. The first-order chi connectivity index (χ1) is 12.7. The van der Waals surface area contributed by atoms with Gasteiger partial charge in [-0.15, -0.1) is 0 Å². The molecule has 0 radical (unpaired) electrons. The Balaban J connectivity index is 1.58. The first-order valence-corrected chi connectivity index (χ1v) is 8.95. The van der Waals surface area contributed by atoms with E-state index in [1.807, 2.05) is 55.6 Å². The summed E-state index contributed by atoms with van der Waals surface area (Å²) >= 11 is 0. The molecule has 2 aromatic carbocycles. The third kappa shape index (κ3) is 2.90. The fourth-order valence-corrected chi connectivity index (χ4v) is 3.38. The van der Waals surface area contributed by atoms with Gasteiger partial charge in [0.15, 0.2) is 11.5 Å². The minimum Gasteiger partial charge on any atom is -0.486 e. The molecule has 0 saturated carbocycles. The maximum Gasteiger partial charge on any atom is 0.253 e. The predicted octanol–water partition coefficient (Wildman–Crippen LogP) is 3.92. The molecule has 5 nitrogen and oxygen atoms in total. The third-order valence-electron chi connectivity index (χ3n) is 4.79. The van der Waals surface area contributed by atoms with E-state index in [9.17, 15) is 4.79 Å². The highest BCUT2D eigenvalue weighted by molar-refractivity contribution is 6.07. The van der Waals surface area contributed by atoms with E-state index in [1.165, 1.54) is 0 Å². The van der Waals surface area contributed by atoms with E-state index >= 15 is 0 Å². The summed E-state index contributed by atoms with van der Waals surface area (Å²) < 4.78 is 13.3. The van der Waals surface area contributed by atoms with E-state index < -0.39 is 0 Å². The number of ether oxygens (including phenoxy) is 2. The lowest BCUT2D eigenvalue weighted by Gasteiger charge is -2.21. The van der Waals surface area contributed by atoms with E-state index in [0.29, 0.717) is 18.8 Å². The van der Waals surface area contributed by atoms with Crippen molar-refractivity contribution in [3.05, 3.63) is 59.8 Å². The van der Waals surface area contributed by atoms with Crippen LogP contribution in [0.1, 0.15) is 35.8 Å². The molecule has 5 heteroatoms. The zero-order valence-corrected chi connectivity index (χ0v) is 15.0. The Hall–Kier alpha value is -2.95. The number of nitrogens with one attached hydrogen (secondary N) is 1. The van der Waals surface area contributed by atoms with Crippen LogP contribution in [0.5, 0.6) is 11.5 Å². The molecule has 1 aliphatic rings. The van der Waals surface area contributed by atoms with Crippen molar-refractivity contribution in [2.24, 2.45) is 0 Å². The van der Waals surface area contributed by atoms with Crippen LogP contribution >= 0.6 is 0 Å². The molecule has 4 rings (SSSR count). The van der Waals surface area contributed by atoms with Crippen molar-refractivity contribution in [3.8, 4) is 11.5 Å². The predicted molar refractivity (Wildman–Crippen MR) is 101 cm³/mol.